The molecule has 3 aromatic rings. The van der Waals surface area contributed by atoms with Crippen molar-refractivity contribution in [2.45, 2.75) is 52.1 Å². The molecule has 168 valence electrons. The van der Waals surface area contributed by atoms with Gasteiger partial charge in [-0.25, -0.2) is 0 Å². The summed E-state index contributed by atoms with van der Waals surface area (Å²) in [5.41, 5.74) is 5.19. The van der Waals surface area contributed by atoms with Crippen molar-refractivity contribution in [1.82, 2.24) is 14.8 Å². The van der Waals surface area contributed by atoms with Gasteiger partial charge in [-0.3, -0.25) is 9.69 Å². The zero-order valence-electron chi connectivity index (χ0n) is 19.6. The number of amides is 1. The Hall–Kier alpha value is -2.59. The fraction of sp³-hybridized carbons (Fsp3) is 0.464. The van der Waals surface area contributed by atoms with Crippen molar-refractivity contribution in [3.05, 3.63) is 71.4 Å². The van der Waals surface area contributed by atoms with Crippen LogP contribution in [-0.2, 0) is 17.8 Å². The van der Waals surface area contributed by atoms with E-state index in [-0.39, 0.29) is 23.3 Å². The van der Waals surface area contributed by atoms with Crippen molar-refractivity contribution in [3.8, 4) is 0 Å². The van der Waals surface area contributed by atoms with Crippen LogP contribution in [-0.4, -0.2) is 40.8 Å². The zero-order chi connectivity index (χ0) is 22.3. The molecule has 0 spiro atoms. The highest BCUT2D eigenvalue weighted by Crippen LogP contribution is 2.55. The van der Waals surface area contributed by atoms with E-state index in [1.807, 2.05) is 30.1 Å². The second-order valence-electron chi connectivity index (χ2n) is 9.84. The number of aromatic nitrogens is 1. The third-order valence-electron chi connectivity index (χ3n) is 8.30. The molecule has 1 amide bonds. The smallest absolute Gasteiger partial charge is 0.226 e. The van der Waals surface area contributed by atoms with Crippen LogP contribution in [0.4, 0.5) is 0 Å². The Morgan fingerprint density at radius 2 is 1.91 bits per heavy atom. The number of carbonyl (C=O) groups excluding carboxylic acids is 1. The Balaban J connectivity index is 1.51. The van der Waals surface area contributed by atoms with Gasteiger partial charge in [-0.05, 0) is 49.4 Å². The number of hydrogen-bond acceptors (Lipinski definition) is 2. The van der Waals surface area contributed by atoms with Gasteiger partial charge in [0.1, 0.15) is 0 Å². The van der Waals surface area contributed by atoms with Gasteiger partial charge in [0, 0.05) is 48.1 Å². The minimum Gasteiger partial charge on any atom is -0.357 e. The SMILES string of the molecule is CC[C@@]1(C(C)C(=O)N(C)Cc2ccccc2)CCCN2CCc3c([nH]c4ccccc34)[C@@H]21. The van der Waals surface area contributed by atoms with Crippen LogP contribution in [0.25, 0.3) is 10.9 Å². The third-order valence-corrected chi connectivity index (χ3v) is 8.30. The number of aromatic amines is 1. The minimum absolute atomic E-state index is 0.0358. The maximum absolute atomic E-state index is 13.8. The first kappa shape index (κ1) is 21.3. The number of nitrogens with one attached hydrogen (secondary N) is 1. The van der Waals surface area contributed by atoms with Crippen molar-refractivity contribution in [1.29, 1.82) is 0 Å². The molecule has 5 rings (SSSR count). The highest BCUT2D eigenvalue weighted by atomic mass is 16.2. The summed E-state index contributed by atoms with van der Waals surface area (Å²) in [5, 5.41) is 1.36. The van der Waals surface area contributed by atoms with E-state index in [0.29, 0.717) is 6.54 Å². The number of H-pyrrole nitrogens is 1. The van der Waals surface area contributed by atoms with Gasteiger partial charge >= 0.3 is 0 Å². The molecule has 2 aliphatic heterocycles. The number of carbonyl (C=O) groups is 1. The molecule has 0 aliphatic carbocycles. The lowest BCUT2D eigenvalue weighted by atomic mass is 9.61. The summed E-state index contributed by atoms with van der Waals surface area (Å²) in [6, 6.07) is 19.3. The lowest BCUT2D eigenvalue weighted by Crippen LogP contribution is -2.54. The first-order chi connectivity index (χ1) is 15.5. The monoisotopic (exact) mass is 429 g/mol. The van der Waals surface area contributed by atoms with Gasteiger partial charge < -0.3 is 9.88 Å². The summed E-state index contributed by atoms with van der Waals surface area (Å²) in [5.74, 6) is 0.229. The van der Waals surface area contributed by atoms with Gasteiger partial charge in [0.2, 0.25) is 5.91 Å². The molecule has 1 fully saturated rings. The number of piperidine rings is 1. The summed E-state index contributed by atoms with van der Waals surface area (Å²) in [7, 11) is 1.96. The second kappa shape index (κ2) is 8.40. The third kappa shape index (κ3) is 3.36. The molecule has 3 atom stereocenters. The van der Waals surface area contributed by atoms with E-state index >= 15 is 0 Å². The van der Waals surface area contributed by atoms with Crippen molar-refractivity contribution in [3.63, 3.8) is 0 Å². The van der Waals surface area contributed by atoms with E-state index < -0.39 is 0 Å². The van der Waals surface area contributed by atoms with Gasteiger partial charge in [0.05, 0.1) is 6.04 Å². The van der Waals surface area contributed by atoms with Crippen molar-refractivity contribution >= 4 is 16.8 Å². The first-order valence-electron chi connectivity index (χ1n) is 12.2. The first-order valence-corrected chi connectivity index (χ1v) is 12.2. The average molecular weight is 430 g/mol. The van der Waals surface area contributed by atoms with E-state index in [1.54, 1.807) is 0 Å². The van der Waals surface area contributed by atoms with Crippen LogP contribution in [0.3, 0.4) is 0 Å². The minimum atomic E-state index is -0.0592. The van der Waals surface area contributed by atoms with Gasteiger partial charge in [0.15, 0.2) is 0 Å². The molecule has 2 aliphatic rings. The van der Waals surface area contributed by atoms with Crippen LogP contribution in [0, 0.1) is 11.3 Å². The molecule has 2 aromatic carbocycles. The van der Waals surface area contributed by atoms with E-state index in [1.165, 1.54) is 34.1 Å². The molecule has 32 heavy (non-hydrogen) atoms. The zero-order valence-corrected chi connectivity index (χ0v) is 19.6. The Morgan fingerprint density at radius 3 is 2.69 bits per heavy atom. The molecule has 1 unspecified atom stereocenters. The predicted octanol–water partition coefficient (Wildman–Crippen LogP) is 5.55. The maximum atomic E-state index is 13.8. The average Bonchev–Trinajstić information content (AvgIpc) is 3.22. The lowest BCUT2D eigenvalue weighted by Gasteiger charge is -2.54. The molecule has 1 aromatic heterocycles. The topological polar surface area (TPSA) is 39.3 Å². The Kier molecular flexibility index (Phi) is 5.58. The van der Waals surface area contributed by atoms with Crippen LogP contribution in [0.15, 0.2) is 54.6 Å². The van der Waals surface area contributed by atoms with Crippen molar-refractivity contribution < 1.29 is 4.79 Å². The maximum Gasteiger partial charge on any atom is 0.226 e. The summed E-state index contributed by atoms with van der Waals surface area (Å²) in [4.78, 5) is 22.2. The largest absolute Gasteiger partial charge is 0.357 e. The highest BCUT2D eigenvalue weighted by molar-refractivity contribution is 5.85. The van der Waals surface area contributed by atoms with Crippen LogP contribution in [0.1, 0.15) is 56.0 Å². The van der Waals surface area contributed by atoms with E-state index in [2.05, 4.69) is 60.1 Å². The predicted molar refractivity (Wildman–Crippen MR) is 130 cm³/mol. The second-order valence-corrected chi connectivity index (χ2v) is 9.84. The molecule has 4 nitrogen and oxygen atoms in total. The van der Waals surface area contributed by atoms with Gasteiger partial charge in [0.25, 0.3) is 0 Å². The molecule has 0 radical (unpaired) electrons. The van der Waals surface area contributed by atoms with Crippen molar-refractivity contribution in [2.24, 2.45) is 11.3 Å². The summed E-state index contributed by atoms with van der Waals surface area (Å²) in [6.07, 6.45) is 4.37. The summed E-state index contributed by atoms with van der Waals surface area (Å²) >= 11 is 0. The van der Waals surface area contributed by atoms with Crippen molar-refractivity contribution in [2.75, 3.05) is 20.1 Å². The number of rotatable bonds is 5. The number of para-hydroxylation sites is 1. The Morgan fingerprint density at radius 1 is 1.16 bits per heavy atom. The Bertz CT molecular complexity index is 1100. The number of hydrogen-bond donors (Lipinski definition) is 1. The standard InChI is InChI=1S/C28H35N3O/c1-4-28(20(2)27(32)30(3)19-21-11-6-5-7-12-21)16-10-17-31-18-15-23-22-13-8-9-14-24(22)29-25(23)26(28)31/h5-9,11-14,20,26,29H,4,10,15-19H2,1-3H3/t20?,26-,28+/m1/s1. The lowest BCUT2D eigenvalue weighted by molar-refractivity contribution is -0.144. The van der Waals surface area contributed by atoms with Gasteiger partial charge in [-0.15, -0.1) is 0 Å². The van der Waals surface area contributed by atoms with Gasteiger partial charge in [-0.2, -0.15) is 0 Å². The molecule has 1 N–H and O–H groups in total. The summed E-state index contributed by atoms with van der Waals surface area (Å²) < 4.78 is 0. The fourth-order valence-corrected chi connectivity index (χ4v) is 6.57. The van der Waals surface area contributed by atoms with Crippen LogP contribution in [0.2, 0.25) is 0 Å². The molecule has 0 saturated carbocycles. The van der Waals surface area contributed by atoms with Gasteiger partial charge in [-0.1, -0.05) is 62.4 Å². The molecular formula is C28H35N3O. The van der Waals surface area contributed by atoms with E-state index in [4.69, 9.17) is 0 Å². The van der Waals surface area contributed by atoms with E-state index in [9.17, 15) is 4.79 Å². The van der Waals surface area contributed by atoms with Crippen LogP contribution < -0.4 is 0 Å². The molecule has 0 bridgehead atoms. The number of nitrogens with zero attached hydrogens (tertiary/aromatic N) is 2. The molecule has 1 saturated heterocycles. The summed E-state index contributed by atoms with van der Waals surface area (Å²) in [6.45, 7) is 7.36. The number of benzene rings is 2. The molecule has 4 heteroatoms. The van der Waals surface area contributed by atoms with Crippen LogP contribution >= 0.6 is 0 Å². The Labute approximate surface area is 191 Å². The normalized spacial score (nSPS) is 24.0. The highest BCUT2D eigenvalue weighted by Gasteiger charge is 2.52. The fourth-order valence-electron chi connectivity index (χ4n) is 6.57. The van der Waals surface area contributed by atoms with E-state index in [0.717, 1.165) is 32.4 Å². The molecular weight excluding hydrogens is 394 g/mol. The molecule has 3 heterocycles. The number of fused-ring (bicyclic) bond motifs is 5. The van der Waals surface area contributed by atoms with Crippen LogP contribution in [0.5, 0.6) is 0 Å². The quantitative estimate of drug-likeness (QED) is 0.577.